The van der Waals surface area contributed by atoms with Crippen molar-refractivity contribution < 1.29 is 9.59 Å². The van der Waals surface area contributed by atoms with Gasteiger partial charge in [-0.1, -0.05) is 68.2 Å². The smallest absolute Gasteiger partial charge is 0.314 e. The van der Waals surface area contributed by atoms with Gasteiger partial charge in [-0.05, 0) is 29.2 Å². The Morgan fingerprint density at radius 1 is 0.833 bits per heavy atom. The van der Waals surface area contributed by atoms with Crippen molar-refractivity contribution in [1.29, 1.82) is 0 Å². The Kier molecular flexibility index (Phi) is 5.52. The van der Waals surface area contributed by atoms with Crippen molar-refractivity contribution in [2.75, 3.05) is 10.6 Å². The second kappa shape index (κ2) is 7.24. The van der Waals surface area contributed by atoms with Gasteiger partial charge in [0.1, 0.15) is 0 Å². The van der Waals surface area contributed by atoms with Crippen LogP contribution in [-0.4, -0.2) is 11.8 Å². The molecule has 4 nitrogen and oxygen atoms in total. The summed E-state index contributed by atoms with van der Waals surface area (Å²) in [7, 11) is 0. The zero-order chi connectivity index (χ0) is 17.9. The van der Waals surface area contributed by atoms with Crippen LogP contribution in [-0.2, 0) is 15.0 Å². The Balaban J connectivity index is 2.18. The van der Waals surface area contributed by atoms with Gasteiger partial charge in [-0.25, -0.2) is 0 Å². The molecule has 0 fully saturated rings. The van der Waals surface area contributed by atoms with Crippen LogP contribution >= 0.6 is 23.2 Å². The molecule has 0 aliphatic rings. The average molecular weight is 365 g/mol. The van der Waals surface area contributed by atoms with E-state index in [9.17, 15) is 9.59 Å². The van der Waals surface area contributed by atoms with E-state index in [-0.39, 0.29) is 21.1 Å². The van der Waals surface area contributed by atoms with E-state index in [1.165, 1.54) is 0 Å². The van der Waals surface area contributed by atoms with Crippen molar-refractivity contribution >= 4 is 46.4 Å². The first kappa shape index (κ1) is 18.3. The lowest BCUT2D eigenvalue weighted by Crippen LogP contribution is -2.30. The largest absolute Gasteiger partial charge is 0.318 e. The molecule has 0 atom stereocenters. The third-order valence-corrected chi connectivity index (χ3v) is 4.02. The summed E-state index contributed by atoms with van der Waals surface area (Å²) in [6.07, 6.45) is 0. The maximum absolute atomic E-state index is 12.2. The zero-order valence-electron chi connectivity index (χ0n) is 13.6. The number of nitrogens with one attached hydrogen (secondary N) is 2. The molecular formula is C18H18Cl2N2O2. The fourth-order valence-corrected chi connectivity index (χ4v) is 2.70. The maximum atomic E-state index is 12.2. The van der Waals surface area contributed by atoms with Gasteiger partial charge in [-0.3, -0.25) is 9.59 Å². The molecule has 126 valence electrons. The van der Waals surface area contributed by atoms with E-state index >= 15 is 0 Å². The number of amides is 2. The van der Waals surface area contributed by atoms with Crippen molar-refractivity contribution in [3.63, 3.8) is 0 Å². The molecule has 0 aliphatic carbocycles. The van der Waals surface area contributed by atoms with E-state index < -0.39 is 11.8 Å². The summed E-state index contributed by atoms with van der Waals surface area (Å²) in [6.45, 7) is 6.09. The molecule has 0 saturated carbocycles. The Morgan fingerprint density at radius 3 is 1.96 bits per heavy atom. The summed E-state index contributed by atoms with van der Waals surface area (Å²) in [6, 6.07) is 12.2. The number of hydrogen-bond acceptors (Lipinski definition) is 2. The summed E-state index contributed by atoms with van der Waals surface area (Å²) < 4.78 is 0. The fraction of sp³-hybridized carbons (Fsp3) is 0.222. The van der Waals surface area contributed by atoms with Crippen LogP contribution in [0.4, 0.5) is 11.4 Å². The van der Waals surface area contributed by atoms with Crippen LogP contribution in [0.5, 0.6) is 0 Å². The number of anilines is 2. The molecule has 2 aromatic rings. The molecule has 2 rings (SSSR count). The lowest BCUT2D eigenvalue weighted by atomic mass is 9.86. The van der Waals surface area contributed by atoms with Gasteiger partial charge in [0.15, 0.2) is 0 Å². The average Bonchev–Trinajstić information content (AvgIpc) is 2.50. The molecule has 0 unspecified atom stereocenters. The van der Waals surface area contributed by atoms with Gasteiger partial charge >= 0.3 is 11.8 Å². The normalized spacial score (nSPS) is 11.0. The van der Waals surface area contributed by atoms with Crippen LogP contribution in [0.1, 0.15) is 26.3 Å². The van der Waals surface area contributed by atoms with Crippen LogP contribution in [0.2, 0.25) is 10.0 Å². The second-order valence-electron chi connectivity index (χ2n) is 6.30. The molecule has 0 radical (unpaired) electrons. The predicted octanol–water partition coefficient (Wildman–Crippen LogP) is 4.87. The quantitative estimate of drug-likeness (QED) is 0.746. The van der Waals surface area contributed by atoms with Gasteiger partial charge in [-0.15, -0.1) is 0 Å². The van der Waals surface area contributed by atoms with Crippen molar-refractivity contribution in [3.8, 4) is 0 Å². The van der Waals surface area contributed by atoms with Crippen molar-refractivity contribution in [3.05, 3.63) is 58.1 Å². The first-order chi connectivity index (χ1) is 11.2. The van der Waals surface area contributed by atoms with Crippen LogP contribution < -0.4 is 10.6 Å². The number of benzene rings is 2. The van der Waals surface area contributed by atoms with E-state index in [0.717, 1.165) is 5.56 Å². The topological polar surface area (TPSA) is 58.2 Å². The number of carbonyl (C=O) groups excluding carboxylic acids is 2. The number of halogens is 2. The predicted molar refractivity (Wildman–Crippen MR) is 98.9 cm³/mol. The number of carbonyl (C=O) groups is 2. The molecule has 0 saturated heterocycles. The van der Waals surface area contributed by atoms with Crippen LogP contribution in [0.25, 0.3) is 0 Å². The highest BCUT2D eigenvalue weighted by Gasteiger charge is 2.22. The summed E-state index contributed by atoms with van der Waals surface area (Å²) in [5.41, 5.74) is 1.56. The number of rotatable bonds is 2. The molecule has 24 heavy (non-hydrogen) atoms. The highest BCUT2D eigenvalue weighted by atomic mass is 35.5. The molecule has 0 aromatic heterocycles. The third kappa shape index (κ3) is 4.28. The first-order valence-corrected chi connectivity index (χ1v) is 8.11. The molecule has 0 spiro atoms. The van der Waals surface area contributed by atoms with Crippen LogP contribution in [0, 0.1) is 0 Å². The van der Waals surface area contributed by atoms with Crippen molar-refractivity contribution in [2.45, 2.75) is 26.2 Å². The summed E-state index contributed by atoms with van der Waals surface area (Å²) in [5, 5.41) is 5.61. The highest BCUT2D eigenvalue weighted by molar-refractivity contribution is 6.46. The van der Waals surface area contributed by atoms with Crippen LogP contribution in [0.3, 0.4) is 0 Å². The zero-order valence-corrected chi connectivity index (χ0v) is 15.1. The third-order valence-electron chi connectivity index (χ3n) is 3.39. The first-order valence-electron chi connectivity index (χ1n) is 7.36. The van der Waals surface area contributed by atoms with E-state index in [0.29, 0.717) is 5.69 Å². The van der Waals surface area contributed by atoms with Gasteiger partial charge in [0.2, 0.25) is 0 Å². The van der Waals surface area contributed by atoms with Crippen molar-refractivity contribution in [1.82, 2.24) is 0 Å². The molecule has 0 bridgehead atoms. The second-order valence-corrected chi connectivity index (χ2v) is 7.11. The Hall–Kier alpha value is -2.04. The highest BCUT2D eigenvalue weighted by Crippen LogP contribution is 2.31. The van der Waals surface area contributed by atoms with Crippen LogP contribution in [0.15, 0.2) is 42.5 Å². The molecule has 6 heteroatoms. The summed E-state index contributed by atoms with van der Waals surface area (Å²) in [5.74, 6) is -1.63. The fourth-order valence-electron chi connectivity index (χ4n) is 2.21. The minimum atomic E-state index is -0.839. The number of para-hydroxylation sites is 2. The minimum Gasteiger partial charge on any atom is -0.318 e. The van der Waals surface area contributed by atoms with Crippen molar-refractivity contribution in [2.24, 2.45) is 0 Å². The Bertz CT molecular complexity index is 763. The van der Waals surface area contributed by atoms with E-state index in [1.54, 1.807) is 30.3 Å². The SMILES string of the molecule is CC(C)(C)c1ccccc1NC(=O)C(=O)Nc1c(Cl)cccc1Cl. The molecule has 0 heterocycles. The van der Waals surface area contributed by atoms with Gasteiger partial charge in [-0.2, -0.15) is 0 Å². The molecule has 2 amide bonds. The lowest BCUT2D eigenvalue weighted by molar-refractivity contribution is -0.133. The van der Waals surface area contributed by atoms with Gasteiger partial charge in [0, 0.05) is 5.69 Å². The lowest BCUT2D eigenvalue weighted by Gasteiger charge is -2.22. The molecule has 0 aliphatic heterocycles. The molecule has 2 N–H and O–H groups in total. The van der Waals surface area contributed by atoms with Gasteiger partial charge < -0.3 is 10.6 Å². The van der Waals surface area contributed by atoms with Gasteiger partial charge in [0.05, 0.1) is 15.7 Å². The summed E-state index contributed by atoms with van der Waals surface area (Å²) >= 11 is 12.0. The Labute approximate surface area is 151 Å². The van der Waals surface area contributed by atoms with E-state index in [1.807, 2.05) is 32.9 Å². The molecular weight excluding hydrogens is 347 g/mol. The maximum Gasteiger partial charge on any atom is 0.314 e. The Morgan fingerprint density at radius 2 is 1.38 bits per heavy atom. The number of hydrogen-bond donors (Lipinski definition) is 2. The summed E-state index contributed by atoms with van der Waals surface area (Å²) in [4.78, 5) is 24.4. The van der Waals surface area contributed by atoms with E-state index in [4.69, 9.17) is 23.2 Å². The molecule has 2 aromatic carbocycles. The monoisotopic (exact) mass is 364 g/mol. The van der Waals surface area contributed by atoms with Gasteiger partial charge in [0.25, 0.3) is 0 Å². The minimum absolute atomic E-state index is 0.174. The standard InChI is InChI=1S/C18H18Cl2N2O2/c1-18(2,3)11-7-4-5-10-14(11)21-16(23)17(24)22-15-12(19)8-6-9-13(15)20/h4-10H,1-3H3,(H,21,23)(H,22,24). The van der Waals surface area contributed by atoms with E-state index in [2.05, 4.69) is 10.6 Å².